The lowest BCUT2D eigenvalue weighted by Gasteiger charge is -2.45. The molecule has 0 radical (unpaired) electrons. The summed E-state index contributed by atoms with van der Waals surface area (Å²) in [5.41, 5.74) is 0.908. The van der Waals surface area contributed by atoms with Crippen LogP contribution in [-0.4, -0.2) is 63.8 Å². The quantitative estimate of drug-likeness (QED) is 0.888. The predicted octanol–water partition coefficient (Wildman–Crippen LogP) is 1.32. The van der Waals surface area contributed by atoms with Gasteiger partial charge in [0.1, 0.15) is 5.82 Å². The number of H-pyrrole nitrogens is 1. The van der Waals surface area contributed by atoms with Crippen LogP contribution in [0.1, 0.15) is 20.8 Å². The van der Waals surface area contributed by atoms with E-state index in [4.69, 9.17) is 4.98 Å². The predicted molar refractivity (Wildman–Crippen MR) is 84.8 cm³/mol. The smallest absolute Gasteiger partial charge is 0.226 e. The van der Waals surface area contributed by atoms with Crippen molar-refractivity contribution in [1.82, 2.24) is 25.1 Å². The van der Waals surface area contributed by atoms with Gasteiger partial charge in [-0.2, -0.15) is 15.1 Å². The zero-order valence-corrected chi connectivity index (χ0v) is 13.1. The van der Waals surface area contributed by atoms with Crippen molar-refractivity contribution in [3.8, 4) is 0 Å². The van der Waals surface area contributed by atoms with Crippen molar-refractivity contribution in [2.24, 2.45) is 0 Å². The summed E-state index contributed by atoms with van der Waals surface area (Å²) in [6.07, 6.45) is 1.81. The van der Waals surface area contributed by atoms with E-state index in [1.54, 1.807) is 0 Å². The third-order valence-corrected chi connectivity index (χ3v) is 4.24. The van der Waals surface area contributed by atoms with E-state index in [1.165, 1.54) is 0 Å². The SMILES string of the molecule is CCNc1nc(N2CCN(C)C(C)(C)C2)c2cn[nH]c2n1. The van der Waals surface area contributed by atoms with Crippen LogP contribution >= 0.6 is 0 Å². The Morgan fingerprint density at radius 3 is 2.86 bits per heavy atom. The third kappa shape index (κ3) is 2.53. The molecule has 2 aromatic heterocycles. The molecule has 0 saturated carbocycles. The Kier molecular flexibility index (Phi) is 3.44. The van der Waals surface area contributed by atoms with Gasteiger partial charge in [-0.3, -0.25) is 10.00 Å². The molecule has 0 spiro atoms. The van der Waals surface area contributed by atoms with Gasteiger partial charge in [-0.25, -0.2) is 0 Å². The average molecular weight is 289 g/mol. The van der Waals surface area contributed by atoms with Crippen LogP contribution in [0, 0.1) is 0 Å². The highest BCUT2D eigenvalue weighted by molar-refractivity contribution is 5.87. The van der Waals surface area contributed by atoms with E-state index in [1.807, 2.05) is 13.1 Å². The molecular formula is C14H23N7. The van der Waals surface area contributed by atoms with Crippen molar-refractivity contribution in [2.45, 2.75) is 26.3 Å². The molecule has 21 heavy (non-hydrogen) atoms. The summed E-state index contributed by atoms with van der Waals surface area (Å²) >= 11 is 0. The molecule has 0 amide bonds. The Morgan fingerprint density at radius 1 is 1.33 bits per heavy atom. The van der Waals surface area contributed by atoms with E-state index in [9.17, 15) is 0 Å². The fraction of sp³-hybridized carbons (Fsp3) is 0.643. The summed E-state index contributed by atoms with van der Waals surface area (Å²) in [4.78, 5) is 13.9. The molecule has 7 heteroatoms. The second-order valence-corrected chi connectivity index (χ2v) is 6.19. The zero-order valence-electron chi connectivity index (χ0n) is 13.1. The summed E-state index contributed by atoms with van der Waals surface area (Å²) in [6.45, 7) is 10.3. The van der Waals surface area contributed by atoms with Gasteiger partial charge in [0.05, 0.1) is 11.6 Å². The number of fused-ring (bicyclic) bond motifs is 1. The van der Waals surface area contributed by atoms with E-state index < -0.39 is 0 Å². The van der Waals surface area contributed by atoms with Crippen LogP contribution in [0.4, 0.5) is 11.8 Å². The second kappa shape index (κ2) is 5.14. The largest absolute Gasteiger partial charge is 0.354 e. The Balaban J connectivity index is 2.00. The highest BCUT2D eigenvalue weighted by Gasteiger charge is 2.32. The molecular weight excluding hydrogens is 266 g/mol. The molecule has 1 fully saturated rings. The van der Waals surface area contributed by atoms with Crippen molar-refractivity contribution < 1.29 is 0 Å². The van der Waals surface area contributed by atoms with Crippen LogP contribution in [0.3, 0.4) is 0 Å². The fourth-order valence-corrected chi connectivity index (χ4v) is 2.72. The molecule has 7 nitrogen and oxygen atoms in total. The van der Waals surface area contributed by atoms with Gasteiger partial charge < -0.3 is 10.2 Å². The molecule has 2 aromatic rings. The van der Waals surface area contributed by atoms with E-state index >= 15 is 0 Å². The Morgan fingerprint density at radius 2 is 2.14 bits per heavy atom. The summed E-state index contributed by atoms with van der Waals surface area (Å²) < 4.78 is 0. The monoisotopic (exact) mass is 289 g/mol. The number of anilines is 2. The van der Waals surface area contributed by atoms with Gasteiger partial charge in [-0.1, -0.05) is 0 Å². The Hall–Kier alpha value is -1.89. The highest BCUT2D eigenvalue weighted by atomic mass is 15.3. The molecule has 0 bridgehead atoms. The van der Waals surface area contributed by atoms with Gasteiger partial charge in [-0.15, -0.1) is 0 Å². The molecule has 2 N–H and O–H groups in total. The number of nitrogens with one attached hydrogen (secondary N) is 2. The van der Waals surface area contributed by atoms with Crippen LogP contribution in [0.5, 0.6) is 0 Å². The van der Waals surface area contributed by atoms with Crippen LogP contribution in [0.2, 0.25) is 0 Å². The number of hydrogen-bond donors (Lipinski definition) is 2. The van der Waals surface area contributed by atoms with Gasteiger partial charge in [0.25, 0.3) is 0 Å². The van der Waals surface area contributed by atoms with Crippen molar-refractivity contribution in [3.63, 3.8) is 0 Å². The number of aromatic amines is 1. The molecule has 0 aliphatic carbocycles. The summed E-state index contributed by atoms with van der Waals surface area (Å²) in [5, 5.41) is 11.2. The van der Waals surface area contributed by atoms with Crippen LogP contribution < -0.4 is 10.2 Å². The van der Waals surface area contributed by atoms with Gasteiger partial charge in [-0.05, 0) is 27.8 Å². The summed E-state index contributed by atoms with van der Waals surface area (Å²) in [5.74, 6) is 1.62. The van der Waals surface area contributed by atoms with Crippen molar-refractivity contribution in [2.75, 3.05) is 43.4 Å². The zero-order chi connectivity index (χ0) is 15.0. The van der Waals surface area contributed by atoms with Gasteiger partial charge >= 0.3 is 0 Å². The first-order valence-electron chi connectivity index (χ1n) is 7.42. The van der Waals surface area contributed by atoms with E-state index in [2.05, 4.69) is 51.2 Å². The van der Waals surface area contributed by atoms with Crippen LogP contribution in [0.25, 0.3) is 11.0 Å². The minimum Gasteiger partial charge on any atom is -0.354 e. The molecule has 1 saturated heterocycles. The van der Waals surface area contributed by atoms with E-state index in [-0.39, 0.29) is 5.54 Å². The minimum absolute atomic E-state index is 0.123. The van der Waals surface area contributed by atoms with Crippen LogP contribution in [-0.2, 0) is 0 Å². The summed E-state index contributed by atoms with van der Waals surface area (Å²) in [7, 11) is 2.18. The maximum Gasteiger partial charge on any atom is 0.226 e. The first-order valence-corrected chi connectivity index (χ1v) is 7.42. The number of rotatable bonds is 3. The standard InChI is InChI=1S/C14H23N7/c1-5-15-13-17-11-10(8-16-19-11)12(18-13)21-7-6-20(4)14(2,3)9-21/h8H,5-7,9H2,1-4H3,(H2,15,16,17,18,19). The molecule has 0 aromatic carbocycles. The van der Waals surface area contributed by atoms with Gasteiger partial charge in [0.15, 0.2) is 5.65 Å². The first-order chi connectivity index (χ1) is 10.0. The lowest BCUT2D eigenvalue weighted by molar-refractivity contribution is 0.138. The van der Waals surface area contributed by atoms with E-state index in [0.717, 1.165) is 43.0 Å². The number of likely N-dealkylation sites (N-methyl/N-ethyl adjacent to an activating group) is 1. The van der Waals surface area contributed by atoms with Crippen LogP contribution in [0.15, 0.2) is 6.20 Å². The van der Waals surface area contributed by atoms with Gasteiger partial charge in [0, 0.05) is 31.7 Å². The second-order valence-electron chi connectivity index (χ2n) is 6.19. The van der Waals surface area contributed by atoms with Gasteiger partial charge in [0.2, 0.25) is 5.95 Å². The topological polar surface area (TPSA) is 73.0 Å². The average Bonchev–Trinajstić information content (AvgIpc) is 2.89. The molecule has 114 valence electrons. The van der Waals surface area contributed by atoms with Crippen molar-refractivity contribution >= 4 is 22.8 Å². The van der Waals surface area contributed by atoms with Crippen molar-refractivity contribution in [1.29, 1.82) is 0 Å². The fourth-order valence-electron chi connectivity index (χ4n) is 2.72. The maximum absolute atomic E-state index is 4.70. The summed E-state index contributed by atoms with van der Waals surface area (Å²) in [6, 6.07) is 0. The van der Waals surface area contributed by atoms with E-state index in [0.29, 0.717) is 5.95 Å². The number of aromatic nitrogens is 4. The normalized spacial score (nSPS) is 19.1. The van der Waals surface area contributed by atoms with Crippen molar-refractivity contribution in [3.05, 3.63) is 6.20 Å². The minimum atomic E-state index is 0.123. The maximum atomic E-state index is 4.70. The number of nitrogens with zero attached hydrogens (tertiary/aromatic N) is 5. The lowest BCUT2D eigenvalue weighted by Crippen LogP contribution is -2.58. The highest BCUT2D eigenvalue weighted by Crippen LogP contribution is 2.28. The molecule has 0 unspecified atom stereocenters. The molecule has 3 rings (SSSR count). The molecule has 3 heterocycles. The number of piperazine rings is 1. The lowest BCUT2D eigenvalue weighted by atomic mass is 9.99. The first kappa shape index (κ1) is 14.1. The molecule has 1 aliphatic heterocycles. The number of hydrogen-bond acceptors (Lipinski definition) is 6. The third-order valence-electron chi connectivity index (χ3n) is 4.24. The Bertz CT molecular complexity index is 633. The molecule has 1 aliphatic rings. The Labute approximate surface area is 124 Å². The molecule has 0 atom stereocenters.